The van der Waals surface area contributed by atoms with Crippen LogP contribution in [0.4, 0.5) is 10.5 Å². The Balaban J connectivity index is 1.65. The number of urea groups is 1. The summed E-state index contributed by atoms with van der Waals surface area (Å²) >= 11 is 0. The van der Waals surface area contributed by atoms with Crippen LogP contribution in [0.15, 0.2) is 59.1 Å². The predicted octanol–water partition coefficient (Wildman–Crippen LogP) is 3.97. The molecule has 1 aromatic carbocycles. The molecule has 1 N–H and O–H groups in total. The Bertz CT molecular complexity index is 795. The molecule has 1 unspecified atom stereocenters. The van der Waals surface area contributed by atoms with Crippen molar-refractivity contribution >= 4 is 11.7 Å². The van der Waals surface area contributed by atoms with Crippen molar-refractivity contribution in [2.75, 3.05) is 26.6 Å². The highest BCUT2D eigenvalue weighted by atomic mass is 16.7. The lowest BCUT2D eigenvalue weighted by atomic mass is 9.95. The van der Waals surface area contributed by atoms with Gasteiger partial charge in [-0.2, -0.15) is 0 Å². The quantitative estimate of drug-likeness (QED) is 0.792. The highest BCUT2D eigenvalue weighted by Crippen LogP contribution is 2.35. The van der Waals surface area contributed by atoms with E-state index in [-0.39, 0.29) is 12.3 Å². The summed E-state index contributed by atoms with van der Waals surface area (Å²) < 4.78 is 17.1. The van der Waals surface area contributed by atoms with Crippen molar-refractivity contribution < 1.29 is 23.8 Å². The molecule has 7 heteroatoms. The van der Waals surface area contributed by atoms with Crippen molar-refractivity contribution in [2.24, 2.45) is 0 Å². The number of hydrogen-bond acceptors (Lipinski definition) is 5. The van der Waals surface area contributed by atoms with E-state index in [1.165, 1.54) is 25.3 Å². The van der Waals surface area contributed by atoms with Crippen LogP contribution in [0, 0.1) is 0 Å². The molecule has 1 aromatic rings. The fourth-order valence-electron chi connectivity index (χ4n) is 2.85. The van der Waals surface area contributed by atoms with Crippen molar-refractivity contribution in [1.29, 1.82) is 0 Å². The van der Waals surface area contributed by atoms with Crippen LogP contribution in [0.25, 0.3) is 0 Å². The number of methoxy groups -OCH3 is 1. The number of fused-ring (bicyclic) bond motifs is 1. The molecule has 2 amide bonds. The summed E-state index contributed by atoms with van der Waals surface area (Å²) in [6.45, 7) is 2.10. The van der Waals surface area contributed by atoms with Gasteiger partial charge in [-0.15, -0.1) is 0 Å². The van der Waals surface area contributed by atoms with E-state index in [0.717, 1.165) is 23.7 Å². The minimum absolute atomic E-state index is 0.257. The molecule has 0 radical (unpaired) electrons. The van der Waals surface area contributed by atoms with E-state index in [9.17, 15) is 4.79 Å². The highest BCUT2D eigenvalue weighted by molar-refractivity contribution is 5.88. The maximum atomic E-state index is 11.8. The number of benzene rings is 1. The van der Waals surface area contributed by atoms with E-state index in [2.05, 4.69) is 12.2 Å². The van der Waals surface area contributed by atoms with Gasteiger partial charge in [0.1, 0.15) is 17.3 Å². The van der Waals surface area contributed by atoms with E-state index in [0.29, 0.717) is 17.2 Å². The van der Waals surface area contributed by atoms with Crippen LogP contribution in [-0.4, -0.2) is 38.7 Å². The Morgan fingerprint density at radius 3 is 2.67 bits per heavy atom. The normalized spacial score (nSPS) is 18.7. The molecular weight excluding hydrogens is 348 g/mol. The largest absolute Gasteiger partial charge is 0.464 e. The topological polar surface area (TPSA) is 69.3 Å². The Labute approximate surface area is 158 Å². The third-order valence-corrected chi connectivity index (χ3v) is 4.49. The average Bonchev–Trinajstić information content (AvgIpc) is 2.68. The van der Waals surface area contributed by atoms with E-state index in [4.69, 9.17) is 19.0 Å². The number of allylic oxidation sites excluding steroid dienone is 3. The number of ether oxygens (including phenoxy) is 3. The number of carbonyl (C=O) groups excluding carboxylic acids is 1. The average molecular weight is 372 g/mol. The molecule has 0 spiro atoms. The predicted molar refractivity (Wildman–Crippen MR) is 101 cm³/mol. The van der Waals surface area contributed by atoms with Gasteiger partial charge < -0.3 is 19.5 Å². The second-order valence-corrected chi connectivity index (χ2v) is 6.30. The van der Waals surface area contributed by atoms with Crippen molar-refractivity contribution in [3.8, 4) is 5.75 Å². The summed E-state index contributed by atoms with van der Waals surface area (Å²) in [5.41, 5.74) is 3.11. The van der Waals surface area contributed by atoms with Crippen LogP contribution in [-0.2, 0) is 14.3 Å². The number of hydrogen-bond donors (Lipinski definition) is 1. The second kappa shape index (κ2) is 8.28. The maximum absolute atomic E-state index is 11.8. The number of nitrogens with zero attached hydrogens (tertiary/aromatic N) is 1. The van der Waals surface area contributed by atoms with Crippen molar-refractivity contribution in [1.82, 2.24) is 5.06 Å². The summed E-state index contributed by atoms with van der Waals surface area (Å²) in [5.74, 6) is 2.18. The summed E-state index contributed by atoms with van der Waals surface area (Å²) in [6, 6.07) is 6.75. The van der Waals surface area contributed by atoms with Crippen molar-refractivity contribution in [3.05, 3.63) is 59.1 Å². The molecule has 0 bridgehead atoms. The third kappa shape index (κ3) is 4.50. The number of rotatable bonds is 5. The molecule has 27 heavy (non-hydrogen) atoms. The zero-order valence-electron chi connectivity index (χ0n) is 15.9. The van der Waals surface area contributed by atoms with Gasteiger partial charge in [0.2, 0.25) is 6.29 Å². The van der Waals surface area contributed by atoms with E-state index >= 15 is 0 Å². The van der Waals surface area contributed by atoms with Crippen LogP contribution < -0.4 is 10.1 Å². The zero-order chi connectivity index (χ0) is 19.4. The van der Waals surface area contributed by atoms with Crippen molar-refractivity contribution in [2.45, 2.75) is 26.1 Å². The van der Waals surface area contributed by atoms with Gasteiger partial charge in [-0.1, -0.05) is 5.57 Å². The molecule has 1 atom stereocenters. The van der Waals surface area contributed by atoms with Gasteiger partial charge in [0, 0.05) is 32.3 Å². The van der Waals surface area contributed by atoms with Crippen LogP contribution >= 0.6 is 0 Å². The molecule has 1 aliphatic carbocycles. The van der Waals surface area contributed by atoms with Crippen LogP contribution in [0.1, 0.15) is 19.8 Å². The van der Waals surface area contributed by atoms with Gasteiger partial charge in [-0.25, -0.2) is 9.86 Å². The fourth-order valence-corrected chi connectivity index (χ4v) is 2.85. The monoisotopic (exact) mass is 372 g/mol. The first kappa shape index (κ1) is 19.0. The third-order valence-electron chi connectivity index (χ3n) is 4.49. The summed E-state index contributed by atoms with van der Waals surface area (Å²) in [4.78, 5) is 16.6. The number of nitrogens with one attached hydrogen (secondary N) is 1. The highest BCUT2D eigenvalue weighted by Gasteiger charge is 2.25. The maximum Gasteiger partial charge on any atom is 0.345 e. The van der Waals surface area contributed by atoms with Gasteiger partial charge in [0.15, 0.2) is 0 Å². The molecule has 144 valence electrons. The molecule has 3 rings (SSSR count). The molecule has 0 saturated heterocycles. The molecule has 0 saturated carbocycles. The Kier molecular flexibility index (Phi) is 5.83. The lowest BCUT2D eigenvalue weighted by Gasteiger charge is -2.30. The van der Waals surface area contributed by atoms with Gasteiger partial charge in [-0.3, -0.25) is 4.84 Å². The van der Waals surface area contributed by atoms with E-state index < -0.39 is 0 Å². The SMILES string of the molecule is COC1CC(C)=C2CC=C(Oc3ccc(NC(=O)N(C)OC)cc3)C=C2O1. The molecule has 0 fully saturated rings. The lowest BCUT2D eigenvalue weighted by molar-refractivity contribution is -0.0961. The minimum atomic E-state index is -0.359. The first-order valence-corrected chi connectivity index (χ1v) is 8.67. The molecule has 7 nitrogen and oxygen atoms in total. The summed E-state index contributed by atoms with van der Waals surface area (Å²) in [6.07, 6.45) is 5.20. The van der Waals surface area contributed by atoms with Crippen LogP contribution in [0.2, 0.25) is 0 Å². The first-order chi connectivity index (χ1) is 13.0. The Hall–Kier alpha value is -2.77. The number of hydroxylamine groups is 2. The number of carbonyl (C=O) groups is 1. The van der Waals surface area contributed by atoms with Crippen molar-refractivity contribution in [3.63, 3.8) is 0 Å². The van der Waals surface area contributed by atoms with Gasteiger partial charge in [-0.05, 0) is 49.3 Å². The standard InChI is InChI=1S/C20H24N2O5/c1-13-11-19(24-3)27-18-12-16(9-10-17(13)18)26-15-7-5-14(6-8-15)21-20(23)22(2)25-4/h5-9,12,19H,10-11H2,1-4H3,(H,21,23). The van der Waals surface area contributed by atoms with E-state index in [1.807, 2.05) is 12.2 Å². The first-order valence-electron chi connectivity index (χ1n) is 8.67. The molecular formula is C20H24N2O5. The lowest BCUT2D eigenvalue weighted by Crippen LogP contribution is -2.30. The molecule has 0 aromatic heterocycles. The van der Waals surface area contributed by atoms with Crippen LogP contribution in [0.3, 0.4) is 0 Å². The number of anilines is 1. The smallest absolute Gasteiger partial charge is 0.345 e. The zero-order valence-corrected chi connectivity index (χ0v) is 15.9. The van der Waals surface area contributed by atoms with Gasteiger partial charge >= 0.3 is 6.03 Å². The Morgan fingerprint density at radius 2 is 2.00 bits per heavy atom. The molecule has 2 aliphatic rings. The second-order valence-electron chi connectivity index (χ2n) is 6.30. The summed E-state index contributed by atoms with van der Waals surface area (Å²) in [5, 5.41) is 3.82. The summed E-state index contributed by atoms with van der Waals surface area (Å²) in [7, 11) is 4.60. The minimum Gasteiger partial charge on any atom is -0.464 e. The van der Waals surface area contributed by atoms with Gasteiger partial charge in [0.25, 0.3) is 0 Å². The van der Waals surface area contributed by atoms with E-state index in [1.54, 1.807) is 31.4 Å². The van der Waals surface area contributed by atoms with Crippen LogP contribution in [0.5, 0.6) is 5.75 Å². The molecule has 1 aliphatic heterocycles. The number of amides is 2. The Morgan fingerprint density at radius 1 is 1.26 bits per heavy atom. The fraction of sp³-hybridized carbons (Fsp3) is 0.350. The van der Waals surface area contributed by atoms with Gasteiger partial charge in [0.05, 0.1) is 7.11 Å². The molecule has 1 heterocycles.